The zero-order chi connectivity index (χ0) is 19.0. The fourth-order valence-corrected chi connectivity index (χ4v) is 4.35. The van der Waals surface area contributed by atoms with Crippen LogP contribution in [-0.2, 0) is 24.2 Å². The number of amides is 2. The van der Waals surface area contributed by atoms with E-state index in [9.17, 15) is 14.0 Å². The molecule has 1 heterocycles. The van der Waals surface area contributed by atoms with Crippen molar-refractivity contribution in [1.29, 1.82) is 0 Å². The van der Waals surface area contributed by atoms with Gasteiger partial charge in [0.1, 0.15) is 5.82 Å². The molecule has 0 bridgehead atoms. The van der Waals surface area contributed by atoms with Crippen molar-refractivity contribution in [3.8, 4) is 0 Å². The molecule has 1 unspecified atom stereocenters. The maximum absolute atomic E-state index is 13.1. The summed E-state index contributed by atoms with van der Waals surface area (Å²) in [5.74, 6) is -0.695. The summed E-state index contributed by atoms with van der Waals surface area (Å²) >= 11 is 0. The number of rotatable bonds is 3. The Morgan fingerprint density at radius 1 is 1.15 bits per heavy atom. The third-order valence-corrected chi connectivity index (χ3v) is 5.75. The Morgan fingerprint density at radius 2 is 1.93 bits per heavy atom. The van der Waals surface area contributed by atoms with Crippen molar-refractivity contribution in [2.45, 2.75) is 32.2 Å². The Balaban J connectivity index is 1.52. The summed E-state index contributed by atoms with van der Waals surface area (Å²) in [5, 5.41) is 8.85. The van der Waals surface area contributed by atoms with E-state index in [0.29, 0.717) is 25.1 Å². The Kier molecular flexibility index (Phi) is 4.44. The number of carbonyl (C=O) groups is 2. The summed E-state index contributed by atoms with van der Waals surface area (Å²) in [5.41, 5.74) is 5.14. The summed E-state index contributed by atoms with van der Waals surface area (Å²) in [6, 6.07) is 11.7. The number of nitrogens with zero attached hydrogens (tertiary/aromatic N) is 1. The molecule has 1 spiro atoms. The summed E-state index contributed by atoms with van der Waals surface area (Å²) in [7, 11) is 0. The monoisotopic (exact) mass is 368 g/mol. The van der Waals surface area contributed by atoms with Gasteiger partial charge in [-0.1, -0.05) is 18.2 Å². The lowest BCUT2D eigenvalue weighted by molar-refractivity contribution is -0.128. The molecular weight excluding hydrogens is 347 g/mol. The molecule has 2 aliphatic rings. The molecule has 1 aliphatic carbocycles. The molecule has 4 rings (SSSR count). The number of benzene rings is 2. The zero-order valence-electron chi connectivity index (χ0n) is 14.9. The Bertz CT molecular complexity index is 897. The number of carbonyl (C=O) groups excluding carboxylic acids is 2. The normalized spacial score (nSPS) is 21.4. The van der Waals surface area contributed by atoms with E-state index in [1.54, 1.807) is 23.7 Å². The van der Waals surface area contributed by atoms with Gasteiger partial charge in [0, 0.05) is 30.5 Å². The zero-order valence-corrected chi connectivity index (χ0v) is 14.9. The summed E-state index contributed by atoms with van der Waals surface area (Å²) in [6.45, 7) is 1.15. The van der Waals surface area contributed by atoms with E-state index in [1.807, 2.05) is 17.0 Å². The van der Waals surface area contributed by atoms with E-state index in [0.717, 1.165) is 30.4 Å². The first-order valence-electron chi connectivity index (χ1n) is 9.06. The predicted molar refractivity (Wildman–Crippen MR) is 96.6 cm³/mol. The first kappa shape index (κ1) is 17.7. The maximum Gasteiger partial charge on any atom is 0.274 e. The highest BCUT2D eigenvalue weighted by Gasteiger charge is 2.44. The molecule has 27 heavy (non-hydrogen) atoms. The van der Waals surface area contributed by atoms with Crippen LogP contribution in [0.1, 0.15) is 39.9 Å². The van der Waals surface area contributed by atoms with E-state index in [1.165, 1.54) is 17.7 Å². The van der Waals surface area contributed by atoms with Crippen LogP contribution in [0.3, 0.4) is 0 Å². The average Bonchev–Trinajstić information content (AvgIpc) is 2.96. The van der Waals surface area contributed by atoms with Crippen LogP contribution >= 0.6 is 0 Å². The van der Waals surface area contributed by atoms with Gasteiger partial charge in [0.25, 0.3) is 5.91 Å². The number of halogens is 1. The van der Waals surface area contributed by atoms with Crippen molar-refractivity contribution in [2.75, 3.05) is 6.54 Å². The molecule has 5 nitrogen and oxygen atoms in total. The van der Waals surface area contributed by atoms with E-state index >= 15 is 0 Å². The number of nitrogens with one attached hydrogen (secondary N) is 1. The molecule has 1 saturated heterocycles. The fourth-order valence-electron chi connectivity index (χ4n) is 4.35. The van der Waals surface area contributed by atoms with Crippen molar-refractivity contribution < 1.29 is 19.2 Å². The third-order valence-electron chi connectivity index (χ3n) is 5.75. The summed E-state index contributed by atoms with van der Waals surface area (Å²) in [4.78, 5) is 26.1. The molecule has 1 atom stereocenters. The SMILES string of the molecule is O=C(NO)c1ccc2c(c1)CC1(CC2)CC(=O)N(Cc2ccc(F)cc2)C1. The van der Waals surface area contributed by atoms with Crippen molar-refractivity contribution in [3.05, 3.63) is 70.5 Å². The predicted octanol–water partition coefficient (Wildman–Crippen LogP) is 2.85. The molecule has 1 aliphatic heterocycles. The lowest BCUT2D eigenvalue weighted by Gasteiger charge is -2.34. The molecule has 1 fully saturated rings. The van der Waals surface area contributed by atoms with Gasteiger partial charge in [-0.3, -0.25) is 14.8 Å². The molecule has 2 amide bonds. The smallest absolute Gasteiger partial charge is 0.274 e. The lowest BCUT2D eigenvalue weighted by Crippen LogP contribution is -2.33. The lowest BCUT2D eigenvalue weighted by atomic mass is 9.70. The number of aryl methyl sites for hydroxylation is 1. The van der Waals surface area contributed by atoms with Crippen molar-refractivity contribution in [2.24, 2.45) is 5.41 Å². The maximum atomic E-state index is 13.1. The average molecular weight is 368 g/mol. The highest BCUT2D eigenvalue weighted by Crippen LogP contribution is 2.43. The second kappa shape index (κ2) is 6.78. The van der Waals surface area contributed by atoms with Gasteiger partial charge in [-0.15, -0.1) is 0 Å². The number of hydrogen-bond acceptors (Lipinski definition) is 3. The number of likely N-dealkylation sites (tertiary alicyclic amines) is 1. The quantitative estimate of drug-likeness (QED) is 0.647. The van der Waals surface area contributed by atoms with Crippen LogP contribution in [0, 0.1) is 11.2 Å². The van der Waals surface area contributed by atoms with Gasteiger partial charge in [0.2, 0.25) is 5.91 Å². The van der Waals surface area contributed by atoms with Gasteiger partial charge in [-0.05, 0) is 60.2 Å². The van der Waals surface area contributed by atoms with Crippen molar-refractivity contribution in [1.82, 2.24) is 10.4 Å². The second-order valence-electron chi connectivity index (χ2n) is 7.65. The summed E-state index contributed by atoms with van der Waals surface area (Å²) < 4.78 is 13.1. The molecule has 0 aromatic heterocycles. The molecule has 0 radical (unpaired) electrons. The largest absolute Gasteiger partial charge is 0.338 e. The first-order valence-corrected chi connectivity index (χ1v) is 9.06. The number of hydroxylamine groups is 1. The minimum absolute atomic E-state index is 0.118. The summed E-state index contributed by atoms with van der Waals surface area (Å²) in [6.07, 6.45) is 3.02. The molecule has 6 heteroatoms. The van der Waals surface area contributed by atoms with Crippen LogP contribution < -0.4 is 5.48 Å². The highest BCUT2D eigenvalue weighted by atomic mass is 19.1. The van der Waals surface area contributed by atoms with Crippen LogP contribution in [0.2, 0.25) is 0 Å². The molecule has 140 valence electrons. The van der Waals surface area contributed by atoms with Crippen molar-refractivity contribution in [3.63, 3.8) is 0 Å². The van der Waals surface area contributed by atoms with Gasteiger partial charge >= 0.3 is 0 Å². The number of fused-ring (bicyclic) bond motifs is 1. The van der Waals surface area contributed by atoms with Crippen LogP contribution in [-0.4, -0.2) is 28.5 Å². The topological polar surface area (TPSA) is 69.6 Å². The van der Waals surface area contributed by atoms with Gasteiger partial charge in [-0.2, -0.15) is 0 Å². The Labute approximate surface area is 156 Å². The standard InChI is InChI=1S/C21H21FN2O3/c22-18-5-1-14(2-6-18)12-24-13-21(11-19(24)25)8-7-15-3-4-16(20(26)23-27)9-17(15)10-21/h1-6,9,27H,7-8,10-13H2,(H,23,26). The minimum Gasteiger partial charge on any atom is -0.338 e. The Morgan fingerprint density at radius 3 is 2.67 bits per heavy atom. The van der Waals surface area contributed by atoms with Crippen LogP contribution in [0.4, 0.5) is 4.39 Å². The van der Waals surface area contributed by atoms with Gasteiger partial charge in [0.15, 0.2) is 0 Å². The fraction of sp³-hybridized carbons (Fsp3) is 0.333. The van der Waals surface area contributed by atoms with Gasteiger partial charge in [0.05, 0.1) is 0 Å². The highest BCUT2D eigenvalue weighted by molar-refractivity contribution is 5.93. The van der Waals surface area contributed by atoms with Crippen LogP contribution in [0.25, 0.3) is 0 Å². The van der Waals surface area contributed by atoms with E-state index < -0.39 is 5.91 Å². The molecule has 2 aromatic carbocycles. The first-order chi connectivity index (χ1) is 13.0. The van der Waals surface area contributed by atoms with Crippen molar-refractivity contribution >= 4 is 11.8 Å². The van der Waals surface area contributed by atoms with E-state index in [2.05, 4.69) is 0 Å². The Hall–Kier alpha value is -2.73. The van der Waals surface area contributed by atoms with Gasteiger partial charge in [-0.25, -0.2) is 9.87 Å². The van der Waals surface area contributed by atoms with E-state index in [4.69, 9.17) is 5.21 Å². The molecular formula is C21H21FN2O3. The van der Waals surface area contributed by atoms with E-state index in [-0.39, 0.29) is 17.1 Å². The number of hydrogen-bond donors (Lipinski definition) is 2. The molecule has 2 aromatic rings. The second-order valence-corrected chi connectivity index (χ2v) is 7.65. The minimum atomic E-state index is -0.530. The molecule has 0 saturated carbocycles. The molecule has 2 N–H and O–H groups in total. The third kappa shape index (κ3) is 3.45. The van der Waals surface area contributed by atoms with Crippen LogP contribution in [0.15, 0.2) is 42.5 Å². The van der Waals surface area contributed by atoms with Gasteiger partial charge < -0.3 is 4.90 Å². The van der Waals surface area contributed by atoms with Crippen LogP contribution in [0.5, 0.6) is 0 Å².